The van der Waals surface area contributed by atoms with Gasteiger partial charge in [0.25, 0.3) is 5.91 Å². The van der Waals surface area contributed by atoms with Gasteiger partial charge in [-0.25, -0.2) is 0 Å². The maximum absolute atomic E-state index is 12.9. The van der Waals surface area contributed by atoms with E-state index in [1.807, 2.05) is 54.3 Å². The van der Waals surface area contributed by atoms with Gasteiger partial charge in [0.15, 0.2) is 0 Å². The van der Waals surface area contributed by atoms with E-state index in [1.54, 1.807) is 13.2 Å². The molecule has 0 unspecified atom stereocenters. The summed E-state index contributed by atoms with van der Waals surface area (Å²) in [6.45, 7) is 3.35. The van der Waals surface area contributed by atoms with Crippen LogP contribution in [0.25, 0.3) is 11.4 Å². The first-order chi connectivity index (χ1) is 13.6. The van der Waals surface area contributed by atoms with Crippen LogP contribution in [0.5, 0.6) is 5.75 Å². The van der Waals surface area contributed by atoms with E-state index in [9.17, 15) is 4.79 Å². The third-order valence-electron chi connectivity index (χ3n) is 5.13. The van der Waals surface area contributed by atoms with Crippen LogP contribution in [0.2, 0.25) is 0 Å². The standard InChI is InChI=1S/C22H23N3O3/c1-15-8-10-16(11-9-15)20-23-21(28-24-20)18-6-4-12-25(14-18)22(26)17-5-3-7-19(13-17)27-2/h3,5,7-11,13,18H,4,6,12,14H2,1-2H3/t18-/m0/s1. The number of hydrogen-bond donors (Lipinski definition) is 0. The molecule has 6 nitrogen and oxygen atoms in total. The fourth-order valence-corrected chi connectivity index (χ4v) is 3.52. The molecule has 0 aliphatic carbocycles. The Morgan fingerprint density at radius 1 is 1.21 bits per heavy atom. The molecule has 4 rings (SSSR count). The van der Waals surface area contributed by atoms with Gasteiger partial charge < -0.3 is 14.2 Å². The number of rotatable bonds is 4. The molecule has 1 amide bonds. The number of aryl methyl sites for hydroxylation is 1. The Kier molecular flexibility index (Phi) is 5.10. The second kappa shape index (κ2) is 7.84. The highest BCUT2D eigenvalue weighted by Crippen LogP contribution is 2.28. The lowest BCUT2D eigenvalue weighted by atomic mass is 9.97. The molecule has 0 bridgehead atoms. The molecule has 0 spiro atoms. The summed E-state index contributed by atoms with van der Waals surface area (Å²) in [5.41, 5.74) is 2.75. The van der Waals surface area contributed by atoms with Gasteiger partial charge in [-0.3, -0.25) is 4.79 Å². The third kappa shape index (κ3) is 3.76. The molecule has 2 aromatic carbocycles. The van der Waals surface area contributed by atoms with Crippen molar-refractivity contribution >= 4 is 5.91 Å². The molecule has 1 aliphatic heterocycles. The molecule has 3 aromatic rings. The molecule has 1 atom stereocenters. The molecule has 1 fully saturated rings. The Bertz CT molecular complexity index is 965. The molecule has 2 heterocycles. The fraction of sp³-hybridized carbons (Fsp3) is 0.318. The van der Waals surface area contributed by atoms with Crippen molar-refractivity contribution in [2.75, 3.05) is 20.2 Å². The topological polar surface area (TPSA) is 68.5 Å². The second-order valence-corrected chi connectivity index (χ2v) is 7.14. The van der Waals surface area contributed by atoms with Crippen molar-refractivity contribution in [2.45, 2.75) is 25.7 Å². The van der Waals surface area contributed by atoms with Crippen LogP contribution < -0.4 is 4.74 Å². The number of ether oxygens (including phenoxy) is 1. The normalized spacial score (nSPS) is 16.8. The Balaban J connectivity index is 1.49. The predicted octanol–water partition coefficient (Wildman–Crippen LogP) is 4.07. The van der Waals surface area contributed by atoms with Crippen molar-refractivity contribution in [3.8, 4) is 17.1 Å². The van der Waals surface area contributed by atoms with E-state index in [0.29, 0.717) is 29.6 Å². The van der Waals surface area contributed by atoms with Gasteiger partial charge in [0.05, 0.1) is 13.0 Å². The molecule has 0 N–H and O–H groups in total. The molecular weight excluding hydrogens is 354 g/mol. The van der Waals surface area contributed by atoms with E-state index in [2.05, 4.69) is 10.1 Å². The van der Waals surface area contributed by atoms with E-state index in [0.717, 1.165) is 24.9 Å². The molecule has 144 valence electrons. The summed E-state index contributed by atoms with van der Waals surface area (Å²) < 4.78 is 10.8. The largest absolute Gasteiger partial charge is 0.497 e. The van der Waals surface area contributed by atoms with Gasteiger partial charge in [-0.15, -0.1) is 0 Å². The molecule has 28 heavy (non-hydrogen) atoms. The smallest absolute Gasteiger partial charge is 0.254 e. The summed E-state index contributed by atoms with van der Waals surface area (Å²) in [7, 11) is 1.60. The number of nitrogens with zero attached hydrogens (tertiary/aromatic N) is 3. The van der Waals surface area contributed by atoms with Gasteiger partial charge in [0.1, 0.15) is 5.75 Å². The molecule has 6 heteroatoms. The molecule has 1 aliphatic rings. The second-order valence-electron chi connectivity index (χ2n) is 7.14. The number of carbonyl (C=O) groups is 1. The van der Waals surface area contributed by atoms with Crippen molar-refractivity contribution in [3.05, 3.63) is 65.5 Å². The number of methoxy groups -OCH3 is 1. The van der Waals surface area contributed by atoms with Crippen LogP contribution in [0, 0.1) is 6.92 Å². The Labute approximate surface area is 164 Å². The summed E-state index contributed by atoms with van der Waals surface area (Å²) in [6.07, 6.45) is 1.83. The average Bonchev–Trinajstić information content (AvgIpc) is 3.24. The zero-order valence-corrected chi connectivity index (χ0v) is 16.1. The number of hydrogen-bond acceptors (Lipinski definition) is 5. The summed E-state index contributed by atoms with van der Waals surface area (Å²) in [5, 5.41) is 4.14. The number of amides is 1. The Morgan fingerprint density at radius 2 is 2.04 bits per heavy atom. The quantitative estimate of drug-likeness (QED) is 0.685. The van der Waals surface area contributed by atoms with Gasteiger partial charge in [-0.1, -0.05) is 41.1 Å². The van der Waals surface area contributed by atoms with E-state index >= 15 is 0 Å². The third-order valence-corrected chi connectivity index (χ3v) is 5.13. The van der Waals surface area contributed by atoms with Crippen LogP contribution in [-0.4, -0.2) is 41.1 Å². The minimum absolute atomic E-state index is 0.00173. The first-order valence-electron chi connectivity index (χ1n) is 9.48. The van der Waals surface area contributed by atoms with E-state index < -0.39 is 0 Å². The molecule has 0 radical (unpaired) electrons. The lowest BCUT2D eigenvalue weighted by molar-refractivity contribution is 0.0695. The number of aromatic nitrogens is 2. The molecule has 1 saturated heterocycles. The number of likely N-dealkylation sites (tertiary alicyclic amines) is 1. The number of benzene rings is 2. The van der Waals surface area contributed by atoms with Crippen LogP contribution in [-0.2, 0) is 0 Å². The van der Waals surface area contributed by atoms with E-state index in [1.165, 1.54) is 5.56 Å². The summed E-state index contributed by atoms with van der Waals surface area (Å²) in [6, 6.07) is 15.3. The van der Waals surface area contributed by atoms with Gasteiger partial charge >= 0.3 is 0 Å². The first kappa shape index (κ1) is 18.2. The highest BCUT2D eigenvalue weighted by Gasteiger charge is 2.29. The number of carbonyl (C=O) groups excluding carboxylic acids is 1. The Morgan fingerprint density at radius 3 is 2.82 bits per heavy atom. The zero-order chi connectivity index (χ0) is 19.5. The van der Waals surface area contributed by atoms with Gasteiger partial charge in [-0.05, 0) is 38.0 Å². The number of piperidine rings is 1. The van der Waals surface area contributed by atoms with Crippen molar-refractivity contribution in [2.24, 2.45) is 0 Å². The predicted molar refractivity (Wildman–Crippen MR) is 105 cm³/mol. The molecular formula is C22H23N3O3. The molecule has 1 aromatic heterocycles. The Hall–Kier alpha value is -3.15. The van der Waals surface area contributed by atoms with Crippen LogP contribution in [0.15, 0.2) is 53.1 Å². The van der Waals surface area contributed by atoms with Crippen molar-refractivity contribution < 1.29 is 14.1 Å². The minimum atomic E-state index is 0.00173. The summed E-state index contributed by atoms with van der Waals surface area (Å²) in [4.78, 5) is 19.4. The van der Waals surface area contributed by atoms with Crippen LogP contribution in [0.4, 0.5) is 0 Å². The summed E-state index contributed by atoms with van der Waals surface area (Å²) >= 11 is 0. The maximum atomic E-state index is 12.9. The van der Waals surface area contributed by atoms with Gasteiger partial charge in [-0.2, -0.15) is 4.98 Å². The van der Waals surface area contributed by atoms with Crippen molar-refractivity contribution in [3.63, 3.8) is 0 Å². The maximum Gasteiger partial charge on any atom is 0.254 e. The SMILES string of the molecule is COc1cccc(C(=O)N2CCC[C@H](c3nc(-c4ccc(C)cc4)no3)C2)c1. The summed E-state index contributed by atoms with van der Waals surface area (Å²) in [5.74, 6) is 1.92. The highest BCUT2D eigenvalue weighted by atomic mass is 16.5. The van der Waals surface area contributed by atoms with Crippen molar-refractivity contribution in [1.82, 2.24) is 15.0 Å². The van der Waals surface area contributed by atoms with Gasteiger partial charge in [0, 0.05) is 24.2 Å². The first-order valence-corrected chi connectivity index (χ1v) is 9.48. The fourth-order valence-electron chi connectivity index (χ4n) is 3.52. The lowest BCUT2D eigenvalue weighted by Crippen LogP contribution is -2.39. The zero-order valence-electron chi connectivity index (χ0n) is 16.1. The van der Waals surface area contributed by atoms with Crippen molar-refractivity contribution in [1.29, 1.82) is 0 Å². The van der Waals surface area contributed by atoms with Crippen LogP contribution in [0.1, 0.15) is 40.6 Å². The van der Waals surface area contributed by atoms with E-state index in [4.69, 9.17) is 9.26 Å². The molecule has 0 saturated carbocycles. The monoisotopic (exact) mass is 377 g/mol. The lowest BCUT2D eigenvalue weighted by Gasteiger charge is -2.31. The minimum Gasteiger partial charge on any atom is -0.497 e. The highest BCUT2D eigenvalue weighted by molar-refractivity contribution is 5.94. The van der Waals surface area contributed by atoms with Gasteiger partial charge in [0.2, 0.25) is 11.7 Å². The van der Waals surface area contributed by atoms with E-state index in [-0.39, 0.29) is 11.8 Å². The van der Waals surface area contributed by atoms with Crippen LogP contribution in [0.3, 0.4) is 0 Å². The van der Waals surface area contributed by atoms with Crippen LogP contribution >= 0.6 is 0 Å². The average molecular weight is 377 g/mol.